The zero-order valence-corrected chi connectivity index (χ0v) is 20.1. The minimum absolute atomic E-state index is 0.0470. The highest BCUT2D eigenvalue weighted by molar-refractivity contribution is 6.00. The van der Waals surface area contributed by atoms with E-state index >= 15 is 0 Å². The lowest BCUT2D eigenvalue weighted by atomic mass is 9.36. The fraction of sp³-hybridized carbons (Fsp3) is 0.692. The lowest BCUT2D eigenvalue weighted by Gasteiger charge is -2.68. The third-order valence-electron chi connectivity index (χ3n) is 9.60. The molecule has 0 aromatic carbocycles. The van der Waals surface area contributed by atoms with E-state index in [1.54, 1.807) is 19.9 Å². The molecule has 0 aromatic rings. The van der Waals surface area contributed by atoms with Crippen LogP contribution in [0.1, 0.15) is 61.3 Å². The molecule has 6 nitrogen and oxygen atoms in total. The minimum atomic E-state index is -1.09. The van der Waals surface area contributed by atoms with Crippen LogP contribution in [0.2, 0.25) is 0 Å². The van der Waals surface area contributed by atoms with Gasteiger partial charge in [0.1, 0.15) is 6.10 Å². The Hall–Kier alpha value is -2.24. The molecule has 8 atom stereocenters. The van der Waals surface area contributed by atoms with Crippen molar-refractivity contribution in [3.05, 3.63) is 24.3 Å². The molecular formula is C26H34O6. The van der Waals surface area contributed by atoms with Crippen LogP contribution < -0.4 is 0 Å². The molecule has 0 radical (unpaired) electrons. The van der Waals surface area contributed by atoms with Crippen molar-refractivity contribution < 1.29 is 28.7 Å². The SMILES string of the molecule is C=C1C[C@H]2[C@@]3(C)C=CC(=O)C(C)(C)[C@H]3C[C@@H](OC(C)=O)[C@@]2(C)[C@@H]2C(=O)O[C@H](C)C(=O)[C@@]12C. The fourth-order valence-electron chi connectivity index (χ4n) is 7.82. The molecule has 0 spiro atoms. The number of esters is 2. The summed E-state index contributed by atoms with van der Waals surface area (Å²) in [5.41, 5.74) is -2.33. The highest BCUT2D eigenvalue weighted by Crippen LogP contribution is 2.71. The summed E-state index contributed by atoms with van der Waals surface area (Å²) in [4.78, 5) is 51.8. The first-order chi connectivity index (χ1) is 14.6. The second kappa shape index (κ2) is 6.64. The van der Waals surface area contributed by atoms with Gasteiger partial charge in [-0.1, -0.05) is 45.9 Å². The highest BCUT2D eigenvalue weighted by atomic mass is 16.6. The van der Waals surface area contributed by atoms with Crippen molar-refractivity contribution in [3.8, 4) is 0 Å². The van der Waals surface area contributed by atoms with Gasteiger partial charge in [-0.25, -0.2) is 0 Å². The van der Waals surface area contributed by atoms with Gasteiger partial charge in [-0.05, 0) is 50.0 Å². The first-order valence-corrected chi connectivity index (χ1v) is 11.5. The molecule has 32 heavy (non-hydrogen) atoms. The van der Waals surface area contributed by atoms with Gasteiger partial charge in [0.2, 0.25) is 0 Å². The normalized spacial score (nSPS) is 47.2. The van der Waals surface area contributed by atoms with Crippen LogP contribution in [0.15, 0.2) is 24.3 Å². The van der Waals surface area contributed by atoms with Crippen molar-refractivity contribution in [1.82, 2.24) is 0 Å². The molecule has 174 valence electrons. The van der Waals surface area contributed by atoms with E-state index in [0.29, 0.717) is 18.4 Å². The summed E-state index contributed by atoms with van der Waals surface area (Å²) < 4.78 is 11.4. The third kappa shape index (κ3) is 2.58. The zero-order chi connectivity index (χ0) is 24.0. The van der Waals surface area contributed by atoms with Crippen molar-refractivity contribution in [2.24, 2.45) is 39.4 Å². The maximum atomic E-state index is 13.4. The average molecular weight is 443 g/mol. The van der Waals surface area contributed by atoms with E-state index in [4.69, 9.17) is 9.47 Å². The van der Waals surface area contributed by atoms with Gasteiger partial charge in [0.25, 0.3) is 0 Å². The molecule has 1 saturated heterocycles. The number of allylic oxidation sites excluding steroid dienone is 3. The summed E-state index contributed by atoms with van der Waals surface area (Å²) in [5, 5.41) is 0. The molecule has 1 heterocycles. The van der Waals surface area contributed by atoms with Crippen LogP contribution >= 0.6 is 0 Å². The fourth-order valence-corrected chi connectivity index (χ4v) is 7.82. The Kier molecular flexibility index (Phi) is 4.76. The molecular weight excluding hydrogens is 408 g/mol. The van der Waals surface area contributed by atoms with Crippen molar-refractivity contribution in [3.63, 3.8) is 0 Å². The zero-order valence-electron chi connectivity index (χ0n) is 20.1. The van der Waals surface area contributed by atoms with E-state index in [9.17, 15) is 19.2 Å². The molecule has 0 N–H and O–H groups in total. The molecule has 0 bridgehead atoms. The molecule has 3 aliphatic carbocycles. The number of rotatable bonds is 1. The molecule has 0 unspecified atom stereocenters. The largest absolute Gasteiger partial charge is 0.462 e. The molecule has 0 aromatic heterocycles. The standard InChI is InChI=1S/C26H34O6/c1-13-11-17-24(6)10-9-18(28)23(4,5)16(24)12-19(32-15(3)27)26(17,8)20-22(30)31-14(2)21(29)25(13,20)7/h9-10,14,16-17,19-20H,1,11-12H2,2-8H3/t14-,16-,17+,19-,20-,24+,25+,26+/m1/s1. The van der Waals surface area contributed by atoms with E-state index in [1.807, 2.05) is 26.8 Å². The van der Waals surface area contributed by atoms with Crippen molar-refractivity contribution >= 4 is 23.5 Å². The highest BCUT2D eigenvalue weighted by Gasteiger charge is 2.73. The van der Waals surface area contributed by atoms with Crippen molar-refractivity contribution in [2.75, 3.05) is 0 Å². The van der Waals surface area contributed by atoms with Crippen molar-refractivity contribution in [2.45, 2.75) is 73.5 Å². The van der Waals surface area contributed by atoms with Gasteiger partial charge in [0, 0.05) is 17.8 Å². The molecule has 1 aliphatic heterocycles. The molecule has 2 saturated carbocycles. The Morgan fingerprint density at radius 1 is 1.12 bits per heavy atom. The lowest BCUT2D eigenvalue weighted by molar-refractivity contribution is -0.232. The predicted octanol–water partition coefficient (Wildman–Crippen LogP) is 3.83. The van der Waals surface area contributed by atoms with E-state index in [-0.39, 0.29) is 23.4 Å². The Bertz CT molecular complexity index is 975. The monoisotopic (exact) mass is 442 g/mol. The number of fused-ring (bicyclic) bond motifs is 5. The molecule has 0 amide bonds. The number of ether oxygens (including phenoxy) is 2. The predicted molar refractivity (Wildman–Crippen MR) is 117 cm³/mol. The van der Waals surface area contributed by atoms with E-state index < -0.39 is 51.7 Å². The third-order valence-corrected chi connectivity index (χ3v) is 9.60. The summed E-state index contributed by atoms with van der Waals surface area (Å²) in [6, 6.07) is 0. The Morgan fingerprint density at radius 2 is 1.75 bits per heavy atom. The van der Waals surface area contributed by atoms with E-state index in [0.717, 1.165) is 0 Å². The summed E-state index contributed by atoms with van der Waals surface area (Å²) in [6.07, 6.45) is 3.11. The van der Waals surface area contributed by atoms with Crippen LogP contribution in [0.4, 0.5) is 0 Å². The number of hydrogen-bond donors (Lipinski definition) is 0. The van der Waals surface area contributed by atoms with Gasteiger partial charge in [-0.2, -0.15) is 0 Å². The molecule has 4 aliphatic rings. The number of Topliss-reactive ketones (excluding diaryl/α,β-unsaturated/α-hetero) is 1. The Labute approximate surface area is 189 Å². The summed E-state index contributed by atoms with van der Waals surface area (Å²) in [7, 11) is 0. The van der Waals surface area contributed by atoms with Crippen LogP contribution in [0.5, 0.6) is 0 Å². The smallest absolute Gasteiger partial charge is 0.311 e. The number of carbonyl (C=O) groups is 4. The van der Waals surface area contributed by atoms with Gasteiger partial charge in [0.15, 0.2) is 17.7 Å². The lowest BCUT2D eigenvalue weighted by Crippen LogP contribution is -2.71. The summed E-state index contributed by atoms with van der Waals surface area (Å²) in [6.45, 7) is 17.0. The quantitative estimate of drug-likeness (QED) is 0.453. The van der Waals surface area contributed by atoms with Gasteiger partial charge in [-0.15, -0.1) is 0 Å². The van der Waals surface area contributed by atoms with E-state index in [2.05, 4.69) is 13.5 Å². The number of carbonyl (C=O) groups excluding carboxylic acids is 4. The van der Waals surface area contributed by atoms with Gasteiger partial charge in [0.05, 0.1) is 11.3 Å². The van der Waals surface area contributed by atoms with E-state index in [1.165, 1.54) is 6.92 Å². The van der Waals surface area contributed by atoms with Gasteiger partial charge < -0.3 is 9.47 Å². The first-order valence-electron chi connectivity index (χ1n) is 11.5. The summed E-state index contributed by atoms with van der Waals surface area (Å²) >= 11 is 0. The Morgan fingerprint density at radius 3 is 2.34 bits per heavy atom. The average Bonchev–Trinajstić information content (AvgIpc) is 2.67. The Balaban J connectivity index is 1.97. The number of hydrogen-bond acceptors (Lipinski definition) is 6. The second-order valence-corrected chi connectivity index (χ2v) is 11.5. The van der Waals surface area contributed by atoms with Crippen LogP contribution in [0, 0.1) is 39.4 Å². The van der Waals surface area contributed by atoms with Gasteiger partial charge in [-0.3, -0.25) is 19.2 Å². The van der Waals surface area contributed by atoms with Gasteiger partial charge >= 0.3 is 11.9 Å². The molecule has 4 rings (SSSR count). The van der Waals surface area contributed by atoms with Crippen LogP contribution in [0.25, 0.3) is 0 Å². The second-order valence-electron chi connectivity index (χ2n) is 11.5. The maximum Gasteiger partial charge on any atom is 0.311 e. The topological polar surface area (TPSA) is 86.7 Å². The minimum Gasteiger partial charge on any atom is -0.462 e. The van der Waals surface area contributed by atoms with Crippen molar-refractivity contribution in [1.29, 1.82) is 0 Å². The molecule has 6 heteroatoms. The maximum absolute atomic E-state index is 13.4. The summed E-state index contributed by atoms with van der Waals surface area (Å²) in [5.74, 6) is -2.07. The molecule has 3 fully saturated rings. The first kappa shape index (κ1) is 22.9. The number of ketones is 2. The van der Waals surface area contributed by atoms with Crippen LogP contribution in [0.3, 0.4) is 0 Å². The van der Waals surface area contributed by atoms with Crippen LogP contribution in [-0.2, 0) is 28.7 Å². The number of cyclic esters (lactones) is 1. The van der Waals surface area contributed by atoms with Crippen LogP contribution in [-0.4, -0.2) is 35.7 Å².